The third kappa shape index (κ3) is 3.50. The summed E-state index contributed by atoms with van der Waals surface area (Å²) >= 11 is 0. The molecule has 0 amide bonds. The number of aliphatic hydroxyl groups is 1. The molecule has 3 nitrogen and oxygen atoms in total. The quantitative estimate of drug-likeness (QED) is 0.476. The molecule has 0 saturated carbocycles. The van der Waals surface area contributed by atoms with E-state index in [0.717, 1.165) is 31.8 Å². The van der Waals surface area contributed by atoms with Crippen molar-refractivity contribution in [3.05, 3.63) is 58.7 Å². The largest absolute Gasteiger partial charge is 1.00 e. The molecule has 4 heteroatoms. The summed E-state index contributed by atoms with van der Waals surface area (Å²) < 4.78 is 2.51. The second kappa shape index (κ2) is 8.27. The number of halogens is 1. The second-order valence-electron chi connectivity index (χ2n) is 9.56. The minimum atomic E-state index is -0.487. The third-order valence-corrected chi connectivity index (χ3v) is 7.29. The van der Waals surface area contributed by atoms with E-state index in [-0.39, 0.29) is 29.4 Å². The van der Waals surface area contributed by atoms with Gasteiger partial charge in [-0.05, 0) is 65.8 Å². The Kier molecular flexibility index (Phi) is 6.01. The predicted octanol–water partition coefficient (Wildman–Crippen LogP) is 1.46. The number of fused-ring (bicyclic) bond motifs is 2. The number of aliphatic hydroxyl groups excluding tert-OH is 1. The second-order valence-corrected chi connectivity index (χ2v) is 9.56. The van der Waals surface area contributed by atoms with Gasteiger partial charge in [-0.25, -0.2) is 4.58 Å². The number of hydrogen-bond donors (Lipinski definition) is 1. The molecule has 2 fully saturated rings. The van der Waals surface area contributed by atoms with E-state index in [1.165, 1.54) is 59.4 Å². The molecule has 30 heavy (non-hydrogen) atoms. The zero-order chi connectivity index (χ0) is 20.2. The standard InChI is InChI=1S/C26H33N2O.HI/c1-18(29)25-21-10-8-19(27-12-4-5-13-27)16-23(21)26(2,3)24-17-20(9-11-22(24)25)28-14-6-7-15-28;/h8-11,16-18,29H,4-7,12-15H2,1-3H3;1H/q+1;/p-1. The van der Waals surface area contributed by atoms with Crippen LogP contribution < -0.4 is 28.9 Å². The maximum Gasteiger partial charge on any atom is 0.200 e. The van der Waals surface area contributed by atoms with Crippen LogP contribution in [0.1, 0.15) is 57.6 Å². The molecule has 2 aliphatic carbocycles. The van der Waals surface area contributed by atoms with Crippen molar-refractivity contribution in [3.63, 3.8) is 0 Å². The predicted molar refractivity (Wildman–Crippen MR) is 121 cm³/mol. The van der Waals surface area contributed by atoms with Gasteiger partial charge in [-0.15, -0.1) is 0 Å². The molecule has 0 bridgehead atoms. The first-order valence-corrected chi connectivity index (χ1v) is 11.3. The molecule has 2 aliphatic heterocycles. The van der Waals surface area contributed by atoms with Crippen LogP contribution in [0, 0.1) is 0 Å². The fourth-order valence-corrected chi connectivity index (χ4v) is 5.65. The maximum atomic E-state index is 10.7. The van der Waals surface area contributed by atoms with Crippen molar-refractivity contribution in [1.29, 1.82) is 0 Å². The minimum absolute atomic E-state index is 0. The summed E-state index contributed by atoms with van der Waals surface area (Å²) in [6.07, 6.45) is 11.6. The third-order valence-electron chi connectivity index (χ3n) is 7.29. The Balaban J connectivity index is 0.00000218. The molecule has 1 unspecified atom stereocenters. The lowest BCUT2D eigenvalue weighted by molar-refractivity contribution is -0.504. The summed E-state index contributed by atoms with van der Waals surface area (Å²) in [4.78, 5) is 2.51. The summed E-state index contributed by atoms with van der Waals surface area (Å²) in [5.74, 6) is 0. The van der Waals surface area contributed by atoms with E-state index in [1.54, 1.807) is 0 Å². The molecular formula is C26H33IN2O. The normalized spacial score (nSPS) is 23.2. The molecule has 0 aromatic heterocycles. The number of anilines is 1. The van der Waals surface area contributed by atoms with Crippen molar-refractivity contribution >= 4 is 17.0 Å². The van der Waals surface area contributed by atoms with Gasteiger partial charge in [-0.1, -0.05) is 19.9 Å². The Labute approximate surface area is 197 Å². The van der Waals surface area contributed by atoms with Crippen LogP contribution in [0.2, 0.25) is 0 Å². The lowest BCUT2D eigenvalue weighted by atomic mass is 9.64. The van der Waals surface area contributed by atoms with E-state index in [2.05, 4.69) is 59.8 Å². The molecule has 4 aliphatic rings. The number of nitrogens with zero attached hydrogens (tertiary/aromatic N) is 2. The van der Waals surface area contributed by atoms with Crippen LogP contribution in [0.15, 0.2) is 47.6 Å². The lowest BCUT2D eigenvalue weighted by Gasteiger charge is -2.40. The molecule has 1 aromatic rings. The van der Waals surface area contributed by atoms with Gasteiger partial charge < -0.3 is 34.0 Å². The highest BCUT2D eigenvalue weighted by Gasteiger charge is 2.39. The molecule has 2 heterocycles. The van der Waals surface area contributed by atoms with Gasteiger partial charge in [0.15, 0.2) is 5.71 Å². The van der Waals surface area contributed by atoms with Crippen LogP contribution in [0.4, 0.5) is 5.69 Å². The Morgan fingerprint density at radius 2 is 1.73 bits per heavy atom. The Morgan fingerprint density at radius 3 is 2.40 bits per heavy atom. The summed E-state index contributed by atoms with van der Waals surface area (Å²) in [6.45, 7) is 11.2. The van der Waals surface area contributed by atoms with Crippen molar-refractivity contribution in [1.82, 2.24) is 0 Å². The SMILES string of the molecule is CC(O)C1=C2C=CC(=[N+]3CCCC3)C=C2C(C)(C)c2cc(N3CCCC3)ccc21.[I-]. The average molecular weight is 516 g/mol. The van der Waals surface area contributed by atoms with Crippen molar-refractivity contribution in [2.45, 2.75) is 58.0 Å². The summed E-state index contributed by atoms with van der Waals surface area (Å²) in [5, 5.41) is 10.7. The maximum absolute atomic E-state index is 10.7. The van der Waals surface area contributed by atoms with Crippen LogP contribution >= 0.6 is 0 Å². The van der Waals surface area contributed by atoms with E-state index >= 15 is 0 Å². The smallest absolute Gasteiger partial charge is 0.200 e. The fourth-order valence-electron chi connectivity index (χ4n) is 5.65. The molecule has 1 N–H and O–H groups in total. The van der Waals surface area contributed by atoms with Gasteiger partial charge in [0.2, 0.25) is 0 Å². The first-order chi connectivity index (χ1) is 14.0. The fraction of sp³-hybridized carbons (Fsp3) is 0.500. The highest BCUT2D eigenvalue weighted by Crippen LogP contribution is 2.49. The van der Waals surface area contributed by atoms with Crippen LogP contribution in [0.3, 0.4) is 0 Å². The molecule has 2 saturated heterocycles. The van der Waals surface area contributed by atoms with Gasteiger partial charge in [0.05, 0.1) is 6.10 Å². The highest BCUT2D eigenvalue weighted by molar-refractivity contribution is 6.06. The minimum Gasteiger partial charge on any atom is -1.00 e. The van der Waals surface area contributed by atoms with E-state index in [0.29, 0.717) is 0 Å². The lowest BCUT2D eigenvalue weighted by Crippen LogP contribution is -3.00. The first kappa shape index (κ1) is 21.8. The molecule has 1 atom stereocenters. The molecule has 0 radical (unpaired) electrons. The van der Waals surface area contributed by atoms with Crippen LogP contribution in [-0.4, -0.2) is 47.7 Å². The molecule has 5 rings (SSSR count). The van der Waals surface area contributed by atoms with Crippen LogP contribution in [-0.2, 0) is 5.41 Å². The monoisotopic (exact) mass is 516 g/mol. The van der Waals surface area contributed by atoms with Gasteiger partial charge in [0, 0.05) is 49.2 Å². The average Bonchev–Trinajstić information content (AvgIpc) is 3.42. The van der Waals surface area contributed by atoms with Crippen molar-refractivity contribution in [2.24, 2.45) is 0 Å². The topological polar surface area (TPSA) is 26.5 Å². The van der Waals surface area contributed by atoms with Gasteiger partial charge in [0.1, 0.15) is 13.1 Å². The van der Waals surface area contributed by atoms with Gasteiger partial charge in [0.25, 0.3) is 0 Å². The van der Waals surface area contributed by atoms with Crippen molar-refractivity contribution < 1.29 is 33.7 Å². The first-order valence-electron chi connectivity index (χ1n) is 11.3. The van der Waals surface area contributed by atoms with E-state index < -0.39 is 6.10 Å². The molecular weight excluding hydrogens is 483 g/mol. The summed E-state index contributed by atoms with van der Waals surface area (Å²) in [7, 11) is 0. The van der Waals surface area contributed by atoms with Crippen LogP contribution in [0.5, 0.6) is 0 Å². The van der Waals surface area contributed by atoms with E-state index in [1.807, 2.05) is 6.92 Å². The zero-order valence-electron chi connectivity index (χ0n) is 18.4. The molecule has 1 aromatic carbocycles. The number of rotatable bonds is 2. The Morgan fingerprint density at radius 1 is 1.03 bits per heavy atom. The number of benzene rings is 1. The Bertz CT molecular complexity index is 967. The zero-order valence-corrected chi connectivity index (χ0v) is 20.6. The number of hydrogen-bond acceptors (Lipinski definition) is 2. The highest BCUT2D eigenvalue weighted by atomic mass is 127. The number of allylic oxidation sites excluding steroid dienone is 5. The van der Waals surface area contributed by atoms with Crippen molar-refractivity contribution in [2.75, 3.05) is 31.1 Å². The van der Waals surface area contributed by atoms with Gasteiger partial charge in [-0.3, -0.25) is 0 Å². The molecule has 160 valence electrons. The van der Waals surface area contributed by atoms with E-state index in [9.17, 15) is 5.11 Å². The Hall–Kier alpha value is -1.40. The summed E-state index contributed by atoms with van der Waals surface area (Å²) in [6, 6.07) is 6.91. The van der Waals surface area contributed by atoms with Gasteiger partial charge in [-0.2, -0.15) is 0 Å². The van der Waals surface area contributed by atoms with E-state index in [4.69, 9.17) is 0 Å². The summed E-state index contributed by atoms with van der Waals surface area (Å²) in [5.41, 5.74) is 8.79. The van der Waals surface area contributed by atoms with Gasteiger partial charge >= 0.3 is 0 Å². The van der Waals surface area contributed by atoms with Crippen LogP contribution in [0.25, 0.3) is 5.57 Å². The molecule has 0 spiro atoms. The van der Waals surface area contributed by atoms with Crippen molar-refractivity contribution in [3.8, 4) is 0 Å².